The Morgan fingerprint density at radius 3 is 2.33 bits per heavy atom. The van der Waals surface area contributed by atoms with Gasteiger partial charge in [-0.15, -0.1) is 0 Å². The van der Waals surface area contributed by atoms with Gasteiger partial charge in [0.2, 0.25) is 0 Å². The lowest BCUT2D eigenvalue weighted by atomic mass is 10.0. The second kappa shape index (κ2) is 4.83. The molecule has 0 amide bonds. The molecule has 1 aromatic rings. The summed E-state index contributed by atoms with van der Waals surface area (Å²) in [4.78, 5) is 0. The lowest BCUT2D eigenvalue weighted by Gasteiger charge is -2.16. The Morgan fingerprint density at radius 1 is 1.25 bits per heavy atom. The van der Waals surface area contributed by atoms with Crippen molar-refractivity contribution < 1.29 is 0 Å². The molecule has 2 atom stereocenters. The number of benzene rings is 1. The molecule has 0 nitrogen and oxygen atoms in total. The predicted octanol–water partition coefficient (Wildman–Crippen LogP) is 3.41. The van der Waals surface area contributed by atoms with E-state index in [0.717, 1.165) is 0 Å². The van der Waals surface area contributed by atoms with Gasteiger partial charge in [-0.1, -0.05) is 37.3 Å². The van der Waals surface area contributed by atoms with E-state index >= 15 is 0 Å². The molecular weight excluding hydrogens is 184 g/mol. The first-order valence-corrected chi connectivity index (χ1v) is 5.82. The van der Waals surface area contributed by atoms with E-state index in [1.165, 1.54) is 5.56 Å². The molecule has 0 aliphatic rings. The van der Waals surface area contributed by atoms with Crippen molar-refractivity contribution in [2.45, 2.75) is 17.4 Å². The van der Waals surface area contributed by atoms with Crippen molar-refractivity contribution in [1.29, 1.82) is 0 Å². The van der Waals surface area contributed by atoms with Crippen LogP contribution >= 0.6 is 24.4 Å². The van der Waals surface area contributed by atoms with E-state index in [9.17, 15) is 0 Å². The highest BCUT2D eigenvalue weighted by Crippen LogP contribution is 2.28. The van der Waals surface area contributed by atoms with Crippen LogP contribution in [0.5, 0.6) is 0 Å². The molecule has 1 aromatic carbocycles. The molecule has 0 radical (unpaired) electrons. The largest absolute Gasteiger partial charge is 0.164 e. The van der Waals surface area contributed by atoms with Crippen LogP contribution in [0.3, 0.4) is 0 Å². The van der Waals surface area contributed by atoms with Crippen LogP contribution in [0.1, 0.15) is 18.4 Å². The molecule has 0 bridgehead atoms. The van der Waals surface area contributed by atoms with Crippen molar-refractivity contribution in [1.82, 2.24) is 0 Å². The minimum Gasteiger partial charge on any atom is -0.164 e. The van der Waals surface area contributed by atoms with Gasteiger partial charge in [0.1, 0.15) is 0 Å². The molecule has 0 spiro atoms. The fraction of sp³-hybridized carbons (Fsp3) is 0.400. The second-order valence-electron chi connectivity index (χ2n) is 2.83. The van der Waals surface area contributed by atoms with Gasteiger partial charge in [-0.25, -0.2) is 0 Å². The van der Waals surface area contributed by atoms with E-state index < -0.39 is 0 Å². The smallest absolute Gasteiger partial charge is 0.0535 e. The standard InChI is InChI=1S/C10H14S2/c1-8(10(11)12-2)9-6-4-3-5-7-9/h3-8,10-11H,1-2H3. The normalized spacial score (nSPS) is 15.6. The molecule has 66 valence electrons. The van der Waals surface area contributed by atoms with Gasteiger partial charge in [-0.2, -0.15) is 24.4 Å². The molecule has 0 saturated carbocycles. The van der Waals surface area contributed by atoms with Gasteiger partial charge in [0, 0.05) is 5.92 Å². The Kier molecular flexibility index (Phi) is 4.02. The third-order valence-corrected chi connectivity index (χ3v) is 3.97. The SMILES string of the molecule is CSC(S)C(C)c1ccccc1. The van der Waals surface area contributed by atoms with E-state index in [2.05, 4.69) is 50.1 Å². The highest BCUT2D eigenvalue weighted by atomic mass is 32.2. The summed E-state index contributed by atoms with van der Waals surface area (Å²) in [6.07, 6.45) is 2.09. The summed E-state index contributed by atoms with van der Waals surface area (Å²) in [5.41, 5.74) is 1.37. The Balaban J connectivity index is 2.71. The number of thioether (sulfide) groups is 1. The first kappa shape index (κ1) is 10.0. The molecule has 1 rings (SSSR count). The lowest BCUT2D eigenvalue weighted by molar-refractivity contribution is 0.852. The molecule has 2 heteroatoms. The van der Waals surface area contributed by atoms with Crippen LogP contribution in [0.2, 0.25) is 0 Å². The first-order chi connectivity index (χ1) is 5.75. The van der Waals surface area contributed by atoms with Crippen LogP contribution in [0, 0.1) is 0 Å². The summed E-state index contributed by atoms with van der Waals surface area (Å²) in [6, 6.07) is 10.5. The van der Waals surface area contributed by atoms with Crippen LogP contribution in [-0.4, -0.2) is 10.8 Å². The van der Waals surface area contributed by atoms with Crippen molar-refractivity contribution in [3.63, 3.8) is 0 Å². The van der Waals surface area contributed by atoms with E-state index in [-0.39, 0.29) is 0 Å². The number of rotatable bonds is 3. The molecule has 0 aliphatic heterocycles. The van der Waals surface area contributed by atoms with Gasteiger partial charge >= 0.3 is 0 Å². The van der Waals surface area contributed by atoms with Crippen molar-refractivity contribution >= 4 is 24.4 Å². The Hall–Kier alpha value is -0.0800. The molecular formula is C10H14S2. The van der Waals surface area contributed by atoms with Gasteiger partial charge in [-0.3, -0.25) is 0 Å². The zero-order chi connectivity index (χ0) is 8.97. The number of hydrogen-bond donors (Lipinski definition) is 1. The highest BCUT2D eigenvalue weighted by molar-refractivity contribution is 8.09. The van der Waals surface area contributed by atoms with Crippen molar-refractivity contribution in [2.75, 3.05) is 6.26 Å². The maximum absolute atomic E-state index is 4.50. The monoisotopic (exact) mass is 198 g/mol. The quantitative estimate of drug-likeness (QED) is 0.573. The molecule has 0 aliphatic carbocycles. The fourth-order valence-corrected chi connectivity index (χ4v) is 1.86. The Labute approximate surface area is 84.2 Å². The molecule has 0 saturated heterocycles. The molecule has 0 fully saturated rings. The zero-order valence-corrected chi connectivity index (χ0v) is 9.11. The summed E-state index contributed by atoms with van der Waals surface area (Å²) < 4.78 is 0.396. The second-order valence-corrected chi connectivity index (χ2v) is 4.71. The van der Waals surface area contributed by atoms with Crippen LogP contribution in [-0.2, 0) is 0 Å². The van der Waals surface area contributed by atoms with E-state index in [1.54, 1.807) is 11.8 Å². The van der Waals surface area contributed by atoms with Crippen molar-refractivity contribution in [3.05, 3.63) is 35.9 Å². The van der Waals surface area contributed by atoms with Gasteiger partial charge in [0.25, 0.3) is 0 Å². The summed E-state index contributed by atoms with van der Waals surface area (Å²) in [5, 5.41) is 0. The van der Waals surface area contributed by atoms with Gasteiger partial charge in [0.15, 0.2) is 0 Å². The maximum Gasteiger partial charge on any atom is 0.0535 e. The molecule has 0 N–H and O–H groups in total. The third-order valence-electron chi connectivity index (χ3n) is 1.99. The van der Waals surface area contributed by atoms with E-state index in [0.29, 0.717) is 10.5 Å². The van der Waals surface area contributed by atoms with Crippen LogP contribution in [0.4, 0.5) is 0 Å². The minimum absolute atomic E-state index is 0.396. The summed E-state index contributed by atoms with van der Waals surface area (Å²) >= 11 is 6.29. The van der Waals surface area contributed by atoms with Crippen molar-refractivity contribution in [3.8, 4) is 0 Å². The molecule has 12 heavy (non-hydrogen) atoms. The van der Waals surface area contributed by atoms with E-state index in [1.807, 2.05) is 6.07 Å². The van der Waals surface area contributed by atoms with Crippen LogP contribution < -0.4 is 0 Å². The molecule has 0 aromatic heterocycles. The predicted molar refractivity (Wildman–Crippen MR) is 61.1 cm³/mol. The lowest BCUT2D eigenvalue weighted by Crippen LogP contribution is -2.04. The average Bonchev–Trinajstić information content (AvgIpc) is 2.17. The van der Waals surface area contributed by atoms with Crippen LogP contribution in [0.25, 0.3) is 0 Å². The Bertz CT molecular complexity index is 221. The molecule has 0 heterocycles. The van der Waals surface area contributed by atoms with Gasteiger partial charge in [-0.05, 0) is 11.8 Å². The zero-order valence-electron chi connectivity index (χ0n) is 7.40. The Morgan fingerprint density at radius 2 is 1.83 bits per heavy atom. The third kappa shape index (κ3) is 2.46. The van der Waals surface area contributed by atoms with Crippen molar-refractivity contribution in [2.24, 2.45) is 0 Å². The summed E-state index contributed by atoms with van der Waals surface area (Å²) in [7, 11) is 0. The highest BCUT2D eigenvalue weighted by Gasteiger charge is 2.12. The van der Waals surface area contributed by atoms with Gasteiger partial charge in [0.05, 0.1) is 4.58 Å². The minimum atomic E-state index is 0.396. The fourth-order valence-electron chi connectivity index (χ4n) is 1.13. The first-order valence-electron chi connectivity index (χ1n) is 4.01. The summed E-state index contributed by atoms with van der Waals surface area (Å²) in [5.74, 6) is 0.518. The van der Waals surface area contributed by atoms with E-state index in [4.69, 9.17) is 0 Å². The van der Waals surface area contributed by atoms with Crippen LogP contribution in [0.15, 0.2) is 30.3 Å². The number of hydrogen-bond acceptors (Lipinski definition) is 2. The topological polar surface area (TPSA) is 0 Å². The number of thiol groups is 1. The molecule has 2 unspecified atom stereocenters. The summed E-state index contributed by atoms with van der Waals surface area (Å²) in [6.45, 7) is 2.21. The maximum atomic E-state index is 4.50. The average molecular weight is 198 g/mol. The van der Waals surface area contributed by atoms with Gasteiger partial charge < -0.3 is 0 Å².